The fraction of sp³-hybridized carbons (Fsp3) is 0.500. The Morgan fingerprint density at radius 3 is 3.00 bits per heavy atom. The van der Waals surface area contributed by atoms with E-state index in [4.69, 9.17) is 6.57 Å². The van der Waals surface area contributed by atoms with Crippen LogP contribution < -0.4 is 0 Å². The second-order valence-electron chi connectivity index (χ2n) is 3.18. The molecule has 12 heavy (non-hydrogen) atoms. The van der Waals surface area contributed by atoms with Gasteiger partial charge in [0, 0.05) is 4.88 Å². The lowest BCUT2D eigenvalue weighted by Crippen LogP contribution is -1.96. The Labute approximate surface area is 76.9 Å². The molecule has 0 amide bonds. The zero-order chi connectivity index (χ0) is 8.39. The lowest BCUT2D eigenvalue weighted by atomic mass is 9.99. The predicted molar refractivity (Wildman–Crippen MR) is 51.3 cm³/mol. The third kappa shape index (κ3) is 1.37. The van der Waals surface area contributed by atoms with Crippen LogP contribution in [0.2, 0.25) is 0 Å². The normalized spacial score (nSPS) is 15.2. The van der Waals surface area contributed by atoms with Gasteiger partial charge in [-0.2, -0.15) is 0 Å². The Hall–Kier alpha value is -0.810. The molecule has 1 aromatic heterocycles. The van der Waals surface area contributed by atoms with E-state index in [-0.39, 0.29) is 0 Å². The molecule has 1 aliphatic carbocycles. The van der Waals surface area contributed by atoms with E-state index >= 15 is 0 Å². The van der Waals surface area contributed by atoms with Gasteiger partial charge >= 0.3 is 0 Å². The van der Waals surface area contributed by atoms with Crippen molar-refractivity contribution in [2.24, 2.45) is 0 Å². The van der Waals surface area contributed by atoms with E-state index in [2.05, 4.69) is 10.9 Å². The van der Waals surface area contributed by atoms with Crippen LogP contribution in [0, 0.1) is 6.57 Å². The SMILES string of the molecule is [C-]#[N+]Cc1cc2c(s1)CCCC2. The van der Waals surface area contributed by atoms with Gasteiger partial charge in [0.15, 0.2) is 0 Å². The summed E-state index contributed by atoms with van der Waals surface area (Å²) in [7, 11) is 0. The third-order valence-electron chi connectivity index (χ3n) is 2.28. The molecule has 1 nitrogen and oxygen atoms in total. The smallest absolute Gasteiger partial charge is 0.248 e. The Kier molecular flexibility index (Phi) is 2.14. The highest BCUT2D eigenvalue weighted by atomic mass is 32.1. The summed E-state index contributed by atoms with van der Waals surface area (Å²) >= 11 is 1.85. The van der Waals surface area contributed by atoms with E-state index in [1.54, 1.807) is 4.88 Å². The summed E-state index contributed by atoms with van der Waals surface area (Å²) in [5.74, 6) is 0. The van der Waals surface area contributed by atoms with Crippen LogP contribution in [0.25, 0.3) is 4.85 Å². The Balaban J connectivity index is 2.27. The molecule has 0 bridgehead atoms. The quantitative estimate of drug-likeness (QED) is 0.581. The molecule has 0 saturated heterocycles. The van der Waals surface area contributed by atoms with Gasteiger partial charge in [-0.3, -0.25) is 0 Å². The minimum absolute atomic E-state index is 0.581. The van der Waals surface area contributed by atoms with Crippen LogP contribution >= 0.6 is 11.3 Å². The molecule has 0 saturated carbocycles. The highest BCUT2D eigenvalue weighted by Gasteiger charge is 2.13. The van der Waals surface area contributed by atoms with Crippen LogP contribution in [0.3, 0.4) is 0 Å². The molecule has 2 heteroatoms. The molecular formula is C10H11NS. The molecule has 2 rings (SSSR count). The van der Waals surface area contributed by atoms with Crippen molar-refractivity contribution in [3.63, 3.8) is 0 Å². The maximum absolute atomic E-state index is 6.78. The molecule has 1 aliphatic rings. The molecule has 0 atom stereocenters. The van der Waals surface area contributed by atoms with Crippen LogP contribution in [0.1, 0.15) is 28.2 Å². The molecule has 1 aromatic rings. The van der Waals surface area contributed by atoms with Crippen LogP contribution in [-0.2, 0) is 19.4 Å². The van der Waals surface area contributed by atoms with Gasteiger partial charge < -0.3 is 4.85 Å². The second-order valence-corrected chi connectivity index (χ2v) is 4.41. The van der Waals surface area contributed by atoms with Gasteiger partial charge in [-0.15, -0.1) is 11.3 Å². The van der Waals surface area contributed by atoms with Crippen molar-refractivity contribution in [1.29, 1.82) is 0 Å². The number of fused-ring (bicyclic) bond motifs is 1. The van der Waals surface area contributed by atoms with Crippen molar-refractivity contribution in [2.75, 3.05) is 0 Å². The number of aryl methyl sites for hydroxylation is 2. The maximum atomic E-state index is 6.78. The second kappa shape index (κ2) is 3.28. The standard InChI is InChI=1S/C10H11NS/c1-11-7-9-6-8-4-2-3-5-10(8)12-9/h6H,2-5,7H2. The summed E-state index contributed by atoms with van der Waals surface area (Å²) in [6.07, 6.45) is 5.16. The average molecular weight is 177 g/mol. The minimum Gasteiger partial charge on any atom is -0.311 e. The number of nitrogens with zero attached hydrogens (tertiary/aromatic N) is 1. The van der Waals surface area contributed by atoms with Crippen molar-refractivity contribution in [3.05, 3.63) is 32.8 Å². The Morgan fingerprint density at radius 2 is 2.25 bits per heavy atom. The van der Waals surface area contributed by atoms with Gasteiger partial charge in [-0.1, -0.05) is 0 Å². The van der Waals surface area contributed by atoms with Gasteiger partial charge in [0.2, 0.25) is 6.54 Å². The number of thiophene rings is 1. The monoisotopic (exact) mass is 177 g/mol. The molecule has 0 aliphatic heterocycles. The van der Waals surface area contributed by atoms with E-state index in [0.717, 1.165) is 0 Å². The van der Waals surface area contributed by atoms with Crippen LogP contribution in [0.15, 0.2) is 6.07 Å². The molecule has 0 fully saturated rings. The summed E-state index contributed by atoms with van der Waals surface area (Å²) in [6.45, 7) is 7.36. The van der Waals surface area contributed by atoms with Gasteiger partial charge in [-0.25, -0.2) is 6.57 Å². The first kappa shape index (κ1) is 7.82. The molecule has 0 unspecified atom stereocenters. The van der Waals surface area contributed by atoms with Crippen molar-refractivity contribution >= 4 is 11.3 Å². The summed E-state index contributed by atoms with van der Waals surface area (Å²) in [5.41, 5.74) is 1.52. The van der Waals surface area contributed by atoms with Crippen LogP contribution in [0.5, 0.6) is 0 Å². The topological polar surface area (TPSA) is 4.36 Å². The average Bonchev–Trinajstić information content (AvgIpc) is 2.47. The number of rotatable bonds is 1. The van der Waals surface area contributed by atoms with E-state index in [0.29, 0.717) is 6.54 Å². The van der Waals surface area contributed by atoms with Crippen molar-refractivity contribution in [2.45, 2.75) is 32.2 Å². The van der Waals surface area contributed by atoms with Gasteiger partial charge in [0.1, 0.15) is 0 Å². The van der Waals surface area contributed by atoms with Crippen molar-refractivity contribution in [3.8, 4) is 0 Å². The van der Waals surface area contributed by atoms with Crippen LogP contribution in [0.4, 0.5) is 0 Å². The fourth-order valence-corrected chi connectivity index (χ4v) is 2.89. The van der Waals surface area contributed by atoms with Gasteiger partial charge in [0.25, 0.3) is 0 Å². The Morgan fingerprint density at radius 1 is 1.42 bits per heavy atom. The molecular weight excluding hydrogens is 166 g/mol. The summed E-state index contributed by atoms with van der Waals surface area (Å²) in [6, 6.07) is 2.23. The molecule has 0 N–H and O–H groups in total. The molecule has 1 heterocycles. The largest absolute Gasteiger partial charge is 0.311 e. The fourth-order valence-electron chi connectivity index (χ4n) is 1.71. The van der Waals surface area contributed by atoms with Gasteiger partial charge in [0.05, 0.1) is 4.88 Å². The zero-order valence-corrected chi connectivity index (χ0v) is 7.78. The molecule has 0 aromatic carbocycles. The van der Waals surface area contributed by atoms with E-state index in [9.17, 15) is 0 Å². The third-order valence-corrected chi connectivity index (χ3v) is 3.50. The predicted octanol–water partition coefficient (Wildman–Crippen LogP) is 3.05. The zero-order valence-electron chi connectivity index (χ0n) is 6.97. The molecule has 62 valence electrons. The highest BCUT2D eigenvalue weighted by Crippen LogP contribution is 2.29. The number of hydrogen-bond donors (Lipinski definition) is 0. The van der Waals surface area contributed by atoms with Crippen molar-refractivity contribution < 1.29 is 0 Å². The maximum Gasteiger partial charge on any atom is 0.248 e. The van der Waals surface area contributed by atoms with Crippen molar-refractivity contribution in [1.82, 2.24) is 0 Å². The molecule has 0 spiro atoms. The minimum atomic E-state index is 0.581. The number of hydrogen-bond acceptors (Lipinski definition) is 1. The van der Waals surface area contributed by atoms with Gasteiger partial charge in [-0.05, 0) is 37.3 Å². The summed E-state index contributed by atoms with van der Waals surface area (Å²) in [4.78, 5) is 6.21. The Bertz CT molecular complexity index is 296. The molecule has 0 radical (unpaired) electrons. The first-order valence-corrected chi connectivity index (χ1v) is 5.15. The lowest BCUT2D eigenvalue weighted by molar-refractivity contribution is 0.697. The van der Waals surface area contributed by atoms with E-state index in [1.165, 1.54) is 36.1 Å². The van der Waals surface area contributed by atoms with E-state index < -0.39 is 0 Å². The first-order valence-electron chi connectivity index (χ1n) is 4.34. The summed E-state index contributed by atoms with van der Waals surface area (Å²) < 4.78 is 0. The van der Waals surface area contributed by atoms with Crippen LogP contribution in [-0.4, -0.2) is 0 Å². The highest BCUT2D eigenvalue weighted by molar-refractivity contribution is 7.12. The summed E-state index contributed by atoms with van der Waals surface area (Å²) in [5, 5.41) is 0. The first-order chi connectivity index (χ1) is 5.90. The van der Waals surface area contributed by atoms with E-state index in [1.807, 2.05) is 11.3 Å². The lowest BCUT2D eigenvalue weighted by Gasteiger charge is -2.08.